The van der Waals surface area contributed by atoms with Crippen molar-refractivity contribution in [3.8, 4) is 0 Å². The third-order valence-electron chi connectivity index (χ3n) is 4.72. The highest BCUT2D eigenvalue weighted by Crippen LogP contribution is 2.40. The lowest BCUT2D eigenvalue weighted by molar-refractivity contribution is -0.138. The maximum Gasteiger partial charge on any atom is 0.337 e. The van der Waals surface area contributed by atoms with Crippen molar-refractivity contribution in [3.05, 3.63) is 86.0 Å². The molecule has 3 rings (SSSR count). The highest BCUT2D eigenvalue weighted by Gasteiger charge is 2.37. The van der Waals surface area contributed by atoms with Crippen molar-refractivity contribution in [2.24, 2.45) is 14.1 Å². The number of aromatic nitrogens is 2. The van der Waals surface area contributed by atoms with Crippen LogP contribution in [0.4, 0.5) is 10.2 Å². The van der Waals surface area contributed by atoms with Crippen molar-refractivity contribution in [2.75, 3.05) is 11.9 Å². The fourth-order valence-electron chi connectivity index (χ4n) is 3.39. The van der Waals surface area contributed by atoms with Gasteiger partial charge in [0.1, 0.15) is 18.2 Å². The van der Waals surface area contributed by atoms with Crippen LogP contribution in [0.5, 0.6) is 0 Å². The molecular weight excluding hydrogens is 365 g/mol. The summed E-state index contributed by atoms with van der Waals surface area (Å²) >= 11 is 0. The molecule has 0 unspecified atom stereocenters. The molecule has 8 heteroatoms. The summed E-state index contributed by atoms with van der Waals surface area (Å²) in [6, 6.07) is 5.66. The van der Waals surface area contributed by atoms with E-state index >= 15 is 0 Å². The van der Waals surface area contributed by atoms with Crippen LogP contribution < -0.4 is 16.6 Å². The summed E-state index contributed by atoms with van der Waals surface area (Å²) < 4.78 is 21.4. The number of esters is 1. The molecule has 0 spiro atoms. The Kier molecular flexibility index (Phi) is 5.04. The fourth-order valence-corrected chi connectivity index (χ4v) is 3.39. The average Bonchev–Trinajstić information content (AvgIpc) is 2.67. The van der Waals surface area contributed by atoms with Gasteiger partial charge >= 0.3 is 11.7 Å². The minimum atomic E-state index is -0.894. The lowest BCUT2D eigenvalue weighted by Crippen LogP contribution is -2.43. The van der Waals surface area contributed by atoms with Crippen LogP contribution in [0.15, 0.2) is 57.8 Å². The van der Waals surface area contributed by atoms with E-state index in [0.29, 0.717) is 11.3 Å². The minimum absolute atomic E-state index is 0.0103. The van der Waals surface area contributed by atoms with Gasteiger partial charge in [0, 0.05) is 19.8 Å². The maximum atomic E-state index is 13.9. The van der Waals surface area contributed by atoms with Crippen molar-refractivity contribution < 1.29 is 13.9 Å². The number of hydrogen-bond donors (Lipinski definition) is 1. The van der Waals surface area contributed by atoms with E-state index in [9.17, 15) is 18.8 Å². The van der Waals surface area contributed by atoms with Gasteiger partial charge in [0.2, 0.25) is 0 Å². The van der Waals surface area contributed by atoms with Crippen molar-refractivity contribution in [1.29, 1.82) is 0 Å². The molecule has 0 amide bonds. The van der Waals surface area contributed by atoms with E-state index in [0.717, 1.165) is 4.57 Å². The van der Waals surface area contributed by atoms with Gasteiger partial charge in [0.05, 0.1) is 17.1 Å². The summed E-state index contributed by atoms with van der Waals surface area (Å²) in [6.07, 6.45) is 1.43. The third-order valence-corrected chi connectivity index (χ3v) is 4.72. The lowest BCUT2D eigenvalue weighted by Gasteiger charge is -2.30. The Bertz CT molecular complexity index is 1130. The second-order valence-electron chi connectivity index (χ2n) is 6.51. The van der Waals surface area contributed by atoms with E-state index < -0.39 is 29.0 Å². The molecule has 2 aromatic rings. The monoisotopic (exact) mass is 385 g/mol. The first-order valence-electron chi connectivity index (χ1n) is 8.59. The summed E-state index contributed by atoms with van der Waals surface area (Å²) in [5.41, 5.74) is 0.0886. The van der Waals surface area contributed by atoms with Crippen LogP contribution in [0, 0.1) is 5.82 Å². The summed E-state index contributed by atoms with van der Waals surface area (Å²) in [4.78, 5) is 38.1. The molecule has 1 atom stereocenters. The van der Waals surface area contributed by atoms with Gasteiger partial charge in [-0.15, -0.1) is 0 Å². The fraction of sp³-hybridized carbons (Fsp3) is 0.250. The number of carbonyl (C=O) groups excluding carboxylic acids is 1. The summed E-state index contributed by atoms with van der Waals surface area (Å²) in [5.74, 6) is -1.79. The van der Waals surface area contributed by atoms with Gasteiger partial charge in [0.15, 0.2) is 0 Å². The predicted octanol–water partition coefficient (Wildman–Crippen LogP) is 1.78. The molecule has 1 aliphatic heterocycles. The van der Waals surface area contributed by atoms with Crippen LogP contribution in [0.25, 0.3) is 0 Å². The van der Waals surface area contributed by atoms with Crippen LogP contribution in [0.2, 0.25) is 0 Å². The first-order chi connectivity index (χ1) is 13.3. The number of halogens is 1. The van der Waals surface area contributed by atoms with E-state index in [2.05, 4.69) is 11.9 Å². The van der Waals surface area contributed by atoms with E-state index in [1.807, 2.05) is 0 Å². The molecule has 1 aromatic heterocycles. The number of hydrogen-bond acceptors (Lipinski definition) is 5. The van der Waals surface area contributed by atoms with Gasteiger partial charge < -0.3 is 10.1 Å². The zero-order valence-electron chi connectivity index (χ0n) is 15.8. The van der Waals surface area contributed by atoms with Gasteiger partial charge in [-0.3, -0.25) is 13.9 Å². The Balaban J connectivity index is 2.35. The zero-order valence-corrected chi connectivity index (χ0v) is 15.8. The molecule has 0 saturated carbocycles. The molecule has 0 radical (unpaired) electrons. The van der Waals surface area contributed by atoms with E-state index in [1.54, 1.807) is 13.0 Å². The SMILES string of the molecule is C=CCOC(=O)C1=C(C)Nc2c(c(=O)n(C)c(=O)n2C)[C@@H]1c1cccc(F)c1. The minimum Gasteiger partial charge on any atom is -0.458 e. The molecular formula is C20H20FN3O4. The molecule has 7 nitrogen and oxygen atoms in total. The van der Waals surface area contributed by atoms with Crippen LogP contribution in [-0.4, -0.2) is 21.7 Å². The van der Waals surface area contributed by atoms with Crippen molar-refractivity contribution >= 4 is 11.8 Å². The maximum absolute atomic E-state index is 13.9. The van der Waals surface area contributed by atoms with Gasteiger partial charge in [0.25, 0.3) is 5.56 Å². The molecule has 0 fully saturated rings. The summed E-state index contributed by atoms with van der Waals surface area (Å²) in [5, 5.41) is 2.97. The molecule has 28 heavy (non-hydrogen) atoms. The summed E-state index contributed by atoms with van der Waals surface area (Å²) in [7, 11) is 2.87. The molecule has 0 saturated heterocycles. The zero-order chi connectivity index (χ0) is 20.6. The predicted molar refractivity (Wildman–Crippen MR) is 103 cm³/mol. The molecule has 146 valence electrons. The van der Waals surface area contributed by atoms with Crippen LogP contribution in [0.1, 0.15) is 24.0 Å². The first kappa shape index (κ1) is 19.3. The standard InChI is InChI=1S/C20H20FN3O4/c1-5-9-28-19(26)14-11(2)22-17-16(18(25)24(4)20(27)23(17)3)15(14)12-7-6-8-13(21)10-12/h5-8,10,15,22H,1,9H2,2-4H3/t15-/m1/s1. The Labute approximate surface area is 160 Å². The number of fused-ring (bicyclic) bond motifs is 1. The topological polar surface area (TPSA) is 82.3 Å². The van der Waals surface area contributed by atoms with E-state index in [1.165, 1.54) is 42.9 Å². The third kappa shape index (κ3) is 3.06. The number of carbonyl (C=O) groups is 1. The molecule has 1 aliphatic rings. The van der Waals surface area contributed by atoms with E-state index in [-0.39, 0.29) is 23.6 Å². The van der Waals surface area contributed by atoms with Crippen LogP contribution in [-0.2, 0) is 23.6 Å². The number of nitrogens with zero attached hydrogens (tertiary/aromatic N) is 2. The van der Waals surface area contributed by atoms with Gasteiger partial charge in [-0.2, -0.15) is 0 Å². The number of ether oxygens (including phenoxy) is 1. The Morgan fingerprint density at radius 3 is 2.68 bits per heavy atom. The molecule has 2 heterocycles. The van der Waals surface area contributed by atoms with Gasteiger partial charge in [-0.05, 0) is 24.6 Å². The number of allylic oxidation sites excluding steroid dienone is 1. The Morgan fingerprint density at radius 2 is 2.04 bits per heavy atom. The average molecular weight is 385 g/mol. The van der Waals surface area contributed by atoms with E-state index in [4.69, 9.17) is 4.74 Å². The smallest absolute Gasteiger partial charge is 0.337 e. The Morgan fingerprint density at radius 1 is 1.32 bits per heavy atom. The quantitative estimate of drug-likeness (QED) is 0.641. The number of nitrogens with one attached hydrogen (secondary N) is 1. The lowest BCUT2D eigenvalue weighted by atomic mass is 9.82. The van der Waals surface area contributed by atoms with Gasteiger partial charge in [-0.25, -0.2) is 14.0 Å². The van der Waals surface area contributed by atoms with Gasteiger partial charge in [-0.1, -0.05) is 24.8 Å². The van der Waals surface area contributed by atoms with Crippen LogP contribution >= 0.6 is 0 Å². The largest absolute Gasteiger partial charge is 0.458 e. The van der Waals surface area contributed by atoms with Crippen LogP contribution in [0.3, 0.4) is 0 Å². The molecule has 0 bridgehead atoms. The number of benzene rings is 1. The summed E-state index contributed by atoms with van der Waals surface area (Å²) in [6.45, 7) is 5.15. The number of anilines is 1. The first-order valence-corrected chi connectivity index (χ1v) is 8.59. The highest BCUT2D eigenvalue weighted by atomic mass is 19.1. The van der Waals surface area contributed by atoms with Crippen molar-refractivity contribution in [2.45, 2.75) is 12.8 Å². The molecule has 0 aliphatic carbocycles. The van der Waals surface area contributed by atoms with Crippen molar-refractivity contribution in [3.63, 3.8) is 0 Å². The second-order valence-corrected chi connectivity index (χ2v) is 6.51. The van der Waals surface area contributed by atoms with Crippen molar-refractivity contribution in [1.82, 2.24) is 9.13 Å². The highest BCUT2D eigenvalue weighted by molar-refractivity contribution is 5.94. The normalized spacial score (nSPS) is 15.6. The second kappa shape index (κ2) is 7.30. The Hall–Kier alpha value is -3.42. The molecule has 1 aromatic carbocycles. The molecule has 1 N–H and O–H groups in total. The number of rotatable bonds is 4.